The number of rotatable bonds is 9. The zero-order valence-corrected chi connectivity index (χ0v) is 23.0. The summed E-state index contributed by atoms with van der Waals surface area (Å²) in [5.41, 5.74) is 4.12. The average molecular weight is 547 g/mol. The van der Waals surface area contributed by atoms with E-state index in [9.17, 15) is 0 Å². The van der Waals surface area contributed by atoms with Crippen molar-refractivity contribution in [1.29, 1.82) is 0 Å². The van der Waals surface area contributed by atoms with Gasteiger partial charge < -0.3 is 33.9 Å². The van der Waals surface area contributed by atoms with Gasteiger partial charge >= 0.3 is 0 Å². The third kappa shape index (κ3) is 5.34. The van der Waals surface area contributed by atoms with Gasteiger partial charge in [-0.05, 0) is 68.1 Å². The van der Waals surface area contributed by atoms with Crippen LogP contribution in [0.5, 0.6) is 17.4 Å². The van der Waals surface area contributed by atoms with Crippen molar-refractivity contribution >= 4 is 28.4 Å². The lowest BCUT2D eigenvalue weighted by Crippen LogP contribution is -2.43. The predicted molar refractivity (Wildman–Crippen MR) is 152 cm³/mol. The van der Waals surface area contributed by atoms with Crippen molar-refractivity contribution in [2.24, 2.45) is 0 Å². The lowest BCUT2D eigenvalue weighted by Gasteiger charge is -2.33. The number of methoxy groups -OCH3 is 3. The molecule has 2 aromatic heterocycles. The normalized spacial score (nSPS) is 17.8. The number of aromatic nitrogens is 4. The highest BCUT2D eigenvalue weighted by Crippen LogP contribution is 2.38. The van der Waals surface area contributed by atoms with E-state index in [0.29, 0.717) is 42.1 Å². The first kappa shape index (κ1) is 26.1. The molecule has 11 heteroatoms. The minimum absolute atomic E-state index is 0.114. The lowest BCUT2D eigenvalue weighted by atomic mass is 10.1. The van der Waals surface area contributed by atoms with Crippen molar-refractivity contribution in [3.63, 3.8) is 0 Å². The van der Waals surface area contributed by atoms with Crippen LogP contribution in [0, 0.1) is 0 Å². The van der Waals surface area contributed by atoms with Gasteiger partial charge in [0.1, 0.15) is 11.5 Å². The van der Waals surface area contributed by atoms with Crippen LogP contribution in [0.2, 0.25) is 0 Å². The van der Waals surface area contributed by atoms with Crippen LogP contribution in [0.25, 0.3) is 22.3 Å². The van der Waals surface area contributed by atoms with Crippen LogP contribution in [0.3, 0.4) is 0 Å². The molecule has 1 aliphatic heterocycles. The molecular formula is C29H34N6O5. The van der Waals surface area contributed by atoms with Gasteiger partial charge in [-0.3, -0.25) is 5.10 Å². The van der Waals surface area contributed by atoms with E-state index in [1.165, 1.54) is 0 Å². The number of fused-ring (bicyclic) bond motifs is 1. The molecule has 2 N–H and O–H groups in total. The van der Waals surface area contributed by atoms with Crippen molar-refractivity contribution in [3.05, 3.63) is 42.5 Å². The minimum atomic E-state index is -0.220. The molecule has 0 spiro atoms. The molecule has 3 heterocycles. The van der Waals surface area contributed by atoms with Gasteiger partial charge in [-0.1, -0.05) is 0 Å². The van der Waals surface area contributed by atoms with Crippen molar-refractivity contribution in [3.8, 4) is 28.6 Å². The van der Waals surface area contributed by atoms with Crippen molar-refractivity contribution in [2.45, 2.75) is 38.1 Å². The number of benzene rings is 2. The topological polar surface area (TPSA) is 116 Å². The lowest BCUT2D eigenvalue weighted by molar-refractivity contribution is -0.128. The fraction of sp³-hybridized carbons (Fsp3) is 0.414. The number of aromatic amines is 1. The maximum atomic E-state index is 6.47. The summed E-state index contributed by atoms with van der Waals surface area (Å²) in [6.07, 6.45) is 4.21. The Morgan fingerprint density at radius 3 is 2.52 bits per heavy atom. The summed E-state index contributed by atoms with van der Waals surface area (Å²) in [6, 6.07) is 13.9. The van der Waals surface area contributed by atoms with E-state index in [0.717, 1.165) is 60.2 Å². The molecule has 2 fully saturated rings. The second-order valence-electron chi connectivity index (χ2n) is 9.90. The van der Waals surface area contributed by atoms with Gasteiger partial charge in [0.05, 0.1) is 33.1 Å². The van der Waals surface area contributed by atoms with E-state index < -0.39 is 0 Å². The number of nitrogens with zero attached hydrogens (tertiary/aromatic N) is 4. The second-order valence-corrected chi connectivity index (χ2v) is 9.90. The maximum Gasteiger partial charge on any atom is 0.232 e. The Labute approximate surface area is 232 Å². The molecule has 0 bridgehead atoms. The van der Waals surface area contributed by atoms with E-state index in [4.69, 9.17) is 33.7 Å². The largest absolute Gasteiger partial charge is 0.493 e. The Balaban J connectivity index is 1.30. The fourth-order valence-electron chi connectivity index (χ4n) is 5.28. The third-order valence-electron chi connectivity index (χ3n) is 7.42. The first-order chi connectivity index (χ1) is 19.6. The van der Waals surface area contributed by atoms with E-state index >= 15 is 0 Å². The predicted octanol–water partition coefficient (Wildman–Crippen LogP) is 4.91. The summed E-state index contributed by atoms with van der Waals surface area (Å²) in [5.74, 6) is 2.20. The van der Waals surface area contributed by atoms with Gasteiger partial charge in [0, 0.05) is 30.6 Å². The highest BCUT2D eigenvalue weighted by Gasteiger charge is 2.24. The Hall–Kier alpha value is -4.09. The molecule has 0 radical (unpaired) electrons. The summed E-state index contributed by atoms with van der Waals surface area (Å²) >= 11 is 0. The van der Waals surface area contributed by atoms with Crippen molar-refractivity contribution in [2.75, 3.05) is 51.2 Å². The van der Waals surface area contributed by atoms with Crippen LogP contribution in [0.4, 0.5) is 17.3 Å². The quantitative estimate of drug-likeness (QED) is 0.300. The standard InChI is InChI=1S/C29H34N6O5/c1-36-22-13-8-18(16-23(22)37-2)26-25-27(34-33-26)31-29(32-28(25)40-21-6-4-5-7-21)30-19-9-11-20(12-10-19)35-14-15-39-24(17-35)38-3/h8-13,16,21,24H,4-7,14-15,17H2,1-3H3,(H2,30,31,32,33,34). The molecule has 11 nitrogen and oxygen atoms in total. The molecule has 1 saturated carbocycles. The molecule has 1 atom stereocenters. The van der Waals surface area contributed by atoms with E-state index in [-0.39, 0.29) is 12.4 Å². The number of anilines is 3. The first-order valence-corrected chi connectivity index (χ1v) is 13.6. The Bertz CT molecular complexity index is 1450. The van der Waals surface area contributed by atoms with Crippen LogP contribution in [0.15, 0.2) is 42.5 Å². The molecule has 0 amide bonds. The first-order valence-electron chi connectivity index (χ1n) is 13.6. The number of nitrogens with one attached hydrogen (secondary N) is 2. The van der Waals surface area contributed by atoms with E-state index in [1.807, 2.05) is 30.3 Å². The zero-order chi connectivity index (χ0) is 27.5. The molecule has 1 aliphatic carbocycles. The minimum Gasteiger partial charge on any atom is -0.493 e. The smallest absolute Gasteiger partial charge is 0.232 e. The van der Waals surface area contributed by atoms with E-state index in [1.54, 1.807) is 21.3 Å². The molecule has 6 rings (SSSR count). The molecule has 2 aromatic carbocycles. The summed E-state index contributed by atoms with van der Waals surface area (Å²) in [5, 5.41) is 11.7. The summed E-state index contributed by atoms with van der Waals surface area (Å²) in [4.78, 5) is 11.8. The molecule has 2 aliphatic rings. The molecule has 1 saturated heterocycles. The van der Waals surface area contributed by atoms with Gasteiger partial charge in [-0.25, -0.2) is 0 Å². The highest BCUT2D eigenvalue weighted by molar-refractivity contribution is 5.95. The third-order valence-corrected chi connectivity index (χ3v) is 7.42. The van der Waals surface area contributed by atoms with Crippen molar-refractivity contribution in [1.82, 2.24) is 20.2 Å². The van der Waals surface area contributed by atoms with Gasteiger partial charge in [-0.2, -0.15) is 15.1 Å². The number of hydrogen-bond donors (Lipinski definition) is 2. The second kappa shape index (κ2) is 11.6. The van der Waals surface area contributed by atoms with Crippen LogP contribution in [-0.2, 0) is 9.47 Å². The Morgan fingerprint density at radius 2 is 1.77 bits per heavy atom. The molecule has 4 aromatic rings. The highest BCUT2D eigenvalue weighted by atomic mass is 16.7. The maximum absolute atomic E-state index is 6.47. The van der Waals surface area contributed by atoms with Gasteiger partial charge in [0.2, 0.25) is 11.8 Å². The molecule has 1 unspecified atom stereocenters. The zero-order valence-electron chi connectivity index (χ0n) is 23.0. The number of morpholine rings is 1. The number of ether oxygens (including phenoxy) is 5. The Kier molecular flexibility index (Phi) is 7.56. The van der Waals surface area contributed by atoms with E-state index in [2.05, 4.69) is 32.5 Å². The monoisotopic (exact) mass is 546 g/mol. The van der Waals surface area contributed by atoms with Crippen LogP contribution < -0.4 is 24.4 Å². The average Bonchev–Trinajstić information content (AvgIpc) is 3.67. The molecule has 210 valence electrons. The summed E-state index contributed by atoms with van der Waals surface area (Å²) in [7, 11) is 4.90. The van der Waals surface area contributed by atoms with Crippen LogP contribution in [0.1, 0.15) is 25.7 Å². The van der Waals surface area contributed by atoms with Gasteiger partial charge in [0.25, 0.3) is 0 Å². The molecule has 40 heavy (non-hydrogen) atoms. The van der Waals surface area contributed by atoms with Crippen LogP contribution >= 0.6 is 0 Å². The Morgan fingerprint density at radius 1 is 0.975 bits per heavy atom. The van der Waals surface area contributed by atoms with Crippen LogP contribution in [-0.4, -0.2) is 73.6 Å². The summed E-state index contributed by atoms with van der Waals surface area (Å²) in [6.45, 7) is 2.13. The SMILES string of the molecule is COc1ccc(-c2[nH]nc3nc(Nc4ccc(N5CCOC(OC)C5)cc4)nc(OC4CCCC4)c23)cc1OC. The summed E-state index contributed by atoms with van der Waals surface area (Å²) < 4.78 is 28.4. The molecular weight excluding hydrogens is 512 g/mol. The van der Waals surface area contributed by atoms with Crippen molar-refractivity contribution < 1.29 is 23.7 Å². The fourth-order valence-corrected chi connectivity index (χ4v) is 5.28. The number of hydrogen-bond acceptors (Lipinski definition) is 10. The van der Waals surface area contributed by atoms with Gasteiger partial charge in [0.15, 0.2) is 23.4 Å². The van der Waals surface area contributed by atoms with Gasteiger partial charge in [-0.15, -0.1) is 0 Å². The number of H-pyrrole nitrogens is 1.